The Kier molecular flexibility index (Phi) is 6.35. The molecule has 0 amide bonds. The Hall–Kier alpha value is -2.68. The molecule has 0 radical (unpaired) electrons. The molecule has 4 aliphatic carbocycles. The zero-order valence-corrected chi connectivity index (χ0v) is 24.4. The SMILES string of the molecule is Cc1ccc(CC(=O)OCC(=O)[C@@]23OC(C)(C)O[C@@H]2C[C@H]2C4CCC5=CC(=O)C=C[C@]5(C)[C@@]4(F)[C@@H](O)C[C@@]23C)cc1. The summed E-state index contributed by atoms with van der Waals surface area (Å²) in [5, 5.41) is 11.7. The summed E-state index contributed by atoms with van der Waals surface area (Å²) < 4.78 is 35.8. The largest absolute Gasteiger partial charge is 0.457 e. The van der Waals surface area contributed by atoms with Crippen LogP contribution in [-0.2, 0) is 35.0 Å². The van der Waals surface area contributed by atoms with Gasteiger partial charge in [0.1, 0.15) is 0 Å². The van der Waals surface area contributed by atoms with E-state index in [1.807, 2.05) is 38.1 Å². The number of carbonyl (C=O) groups is 3. The molecule has 8 heteroatoms. The van der Waals surface area contributed by atoms with Gasteiger partial charge in [0.05, 0.1) is 18.6 Å². The van der Waals surface area contributed by atoms with Crippen LogP contribution in [0.25, 0.3) is 0 Å². The summed E-state index contributed by atoms with van der Waals surface area (Å²) in [6.45, 7) is 8.60. The van der Waals surface area contributed by atoms with Gasteiger partial charge in [0, 0.05) is 16.7 Å². The Bertz CT molecular complexity index is 1360. The van der Waals surface area contributed by atoms with Crippen LogP contribution in [0.15, 0.2) is 48.1 Å². The van der Waals surface area contributed by atoms with E-state index < -0.39 is 64.4 Å². The van der Waals surface area contributed by atoms with Crippen molar-refractivity contribution in [2.45, 2.75) is 96.0 Å². The normalized spacial score (nSPS) is 42.0. The van der Waals surface area contributed by atoms with Crippen LogP contribution in [0.2, 0.25) is 0 Å². The third-order valence-electron chi connectivity index (χ3n) is 10.9. The highest BCUT2D eigenvalue weighted by Gasteiger charge is 2.80. The summed E-state index contributed by atoms with van der Waals surface area (Å²) in [6, 6.07) is 7.52. The smallest absolute Gasteiger partial charge is 0.310 e. The number of hydrogen-bond donors (Lipinski definition) is 1. The third-order valence-corrected chi connectivity index (χ3v) is 10.9. The predicted octanol–water partition coefficient (Wildman–Crippen LogP) is 4.52. The van der Waals surface area contributed by atoms with E-state index in [2.05, 4.69) is 0 Å². The maximum absolute atomic E-state index is 17.5. The summed E-state index contributed by atoms with van der Waals surface area (Å²) in [4.78, 5) is 39.0. The average molecular weight is 567 g/mol. The molecule has 5 aliphatic rings. The molecule has 0 bridgehead atoms. The van der Waals surface area contributed by atoms with Gasteiger partial charge in [-0.3, -0.25) is 14.4 Å². The van der Waals surface area contributed by atoms with E-state index in [0.717, 1.165) is 11.1 Å². The molecule has 1 heterocycles. The van der Waals surface area contributed by atoms with Crippen LogP contribution in [0.4, 0.5) is 4.39 Å². The number of ether oxygens (including phenoxy) is 3. The van der Waals surface area contributed by atoms with Crippen molar-refractivity contribution >= 4 is 17.5 Å². The topological polar surface area (TPSA) is 99.1 Å². The molecule has 41 heavy (non-hydrogen) atoms. The van der Waals surface area contributed by atoms with Crippen LogP contribution >= 0.6 is 0 Å². The molecule has 1 unspecified atom stereocenters. The van der Waals surface area contributed by atoms with Crippen LogP contribution in [0.1, 0.15) is 64.5 Å². The second kappa shape index (κ2) is 9.16. The second-order valence-electron chi connectivity index (χ2n) is 13.6. The number of fused-ring (bicyclic) bond motifs is 7. The van der Waals surface area contributed by atoms with Gasteiger partial charge in [-0.2, -0.15) is 0 Å². The molecule has 0 aromatic heterocycles. The molecule has 0 spiro atoms. The van der Waals surface area contributed by atoms with E-state index in [1.165, 1.54) is 12.2 Å². The number of Topliss-reactive ketones (excluding diaryl/α,β-unsaturated/α-hetero) is 1. The van der Waals surface area contributed by atoms with Gasteiger partial charge in [0.25, 0.3) is 0 Å². The molecule has 1 N–H and O–H groups in total. The van der Waals surface area contributed by atoms with Crippen molar-refractivity contribution in [3.63, 3.8) is 0 Å². The minimum absolute atomic E-state index is 0.0301. The Morgan fingerprint density at radius 1 is 1.12 bits per heavy atom. The Morgan fingerprint density at radius 2 is 1.83 bits per heavy atom. The Balaban J connectivity index is 1.30. The number of alkyl halides is 1. The summed E-state index contributed by atoms with van der Waals surface area (Å²) >= 11 is 0. The lowest BCUT2D eigenvalue weighted by molar-refractivity contribution is -0.246. The predicted molar refractivity (Wildman–Crippen MR) is 147 cm³/mol. The quantitative estimate of drug-likeness (QED) is 0.523. The first-order chi connectivity index (χ1) is 19.2. The third kappa shape index (κ3) is 3.90. The van der Waals surface area contributed by atoms with Crippen molar-refractivity contribution < 1.29 is 38.1 Å². The van der Waals surface area contributed by atoms with Gasteiger partial charge in [0.15, 0.2) is 29.4 Å². The number of aliphatic hydroxyl groups excluding tert-OH is 1. The van der Waals surface area contributed by atoms with E-state index in [0.29, 0.717) is 24.8 Å². The second-order valence-corrected chi connectivity index (χ2v) is 13.6. The highest BCUT2D eigenvalue weighted by molar-refractivity contribution is 6.01. The van der Waals surface area contributed by atoms with Gasteiger partial charge < -0.3 is 19.3 Å². The molecular weight excluding hydrogens is 527 g/mol. The van der Waals surface area contributed by atoms with Crippen LogP contribution in [0.3, 0.4) is 0 Å². The first kappa shape index (κ1) is 28.4. The zero-order valence-electron chi connectivity index (χ0n) is 24.4. The van der Waals surface area contributed by atoms with E-state index in [4.69, 9.17) is 14.2 Å². The number of aliphatic hydroxyl groups is 1. The van der Waals surface area contributed by atoms with Crippen LogP contribution in [0, 0.1) is 29.6 Å². The highest BCUT2D eigenvalue weighted by Crippen LogP contribution is 2.72. The van der Waals surface area contributed by atoms with Gasteiger partial charge in [-0.15, -0.1) is 0 Å². The summed E-state index contributed by atoms with van der Waals surface area (Å²) in [5.41, 5.74) is -3.09. The van der Waals surface area contributed by atoms with Crippen molar-refractivity contribution in [3.05, 3.63) is 59.2 Å². The van der Waals surface area contributed by atoms with Gasteiger partial charge in [-0.25, -0.2) is 4.39 Å². The number of halogens is 1. The molecule has 7 nitrogen and oxygen atoms in total. The number of carbonyl (C=O) groups excluding carboxylic acids is 3. The van der Waals surface area contributed by atoms with Gasteiger partial charge >= 0.3 is 5.97 Å². The van der Waals surface area contributed by atoms with Crippen molar-refractivity contribution in [1.29, 1.82) is 0 Å². The number of hydrogen-bond acceptors (Lipinski definition) is 7. The lowest BCUT2D eigenvalue weighted by Crippen LogP contribution is -2.70. The first-order valence-electron chi connectivity index (χ1n) is 14.6. The molecule has 220 valence electrons. The summed E-state index contributed by atoms with van der Waals surface area (Å²) in [6.07, 6.45) is 3.75. The monoisotopic (exact) mass is 566 g/mol. The zero-order chi connectivity index (χ0) is 29.6. The number of esters is 1. The number of allylic oxidation sites excluding steroid dienone is 4. The van der Waals surface area contributed by atoms with Gasteiger partial charge in [0.2, 0.25) is 5.78 Å². The maximum atomic E-state index is 17.5. The average Bonchev–Trinajstić information content (AvgIpc) is 3.31. The fourth-order valence-corrected chi connectivity index (χ4v) is 8.99. The highest BCUT2D eigenvalue weighted by atomic mass is 19.1. The standard InChI is InChI=1S/C33H39FO7/c1-19-6-8-20(9-7-19)14-28(38)39-18-26(37)33-27(40-29(2,3)41-33)16-24-23-11-10-21-15-22(35)12-13-30(21,4)32(23,34)25(36)17-31(24,33)5/h6-9,12-13,15,23-25,27,36H,10-11,14,16-18H2,1-5H3/t23?,24-,25-,27+,30-,31-,32-,33+/m0/s1. The van der Waals surface area contributed by atoms with E-state index in [9.17, 15) is 19.5 Å². The van der Waals surface area contributed by atoms with Gasteiger partial charge in [-0.05, 0) is 77.0 Å². The number of aryl methyl sites for hydroxylation is 1. The van der Waals surface area contributed by atoms with Crippen molar-refractivity contribution in [1.82, 2.24) is 0 Å². The Labute approximate surface area is 240 Å². The number of rotatable bonds is 5. The lowest BCUT2D eigenvalue weighted by Gasteiger charge is -2.62. The van der Waals surface area contributed by atoms with E-state index in [1.54, 1.807) is 26.8 Å². The maximum Gasteiger partial charge on any atom is 0.310 e. The molecule has 6 rings (SSSR count). The number of benzene rings is 1. The van der Waals surface area contributed by atoms with E-state index >= 15 is 4.39 Å². The molecule has 1 aliphatic heterocycles. The van der Waals surface area contributed by atoms with Gasteiger partial charge in [-0.1, -0.05) is 48.4 Å². The minimum atomic E-state index is -2.03. The summed E-state index contributed by atoms with van der Waals surface area (Å²) in [7, 11) is 0. The fourth-order valence-electron chi connectivity index (χ4n) is 8.99. The first-order valence-corrected chi connectivity index (χ1v) is 14.6. The van der Waals surface area contributed by atoms with Crippen molar-refractivity contribution in [2.24, 2.45) is 22.7 Å². The molecule has 1 aromatic carbocycles. The van der Waals surface area contributed by atoms with Crippen LogP contribution in [-0.4, -0.2) is 58.5 Å². The molecule has 1 saturated heterocycles. The molecule has 3 saturated carbocycles. The van der Waals surface area contributed by atoms with E-state index in [-0.39, 0.29) is 24.5 Å². The van der Waals surface area contributed by atoms with Crippen molar-refractivity contribution in [2.75, 3.05) is 6.61 Å². The fraction of sp³-hybridized carbons (Fsp3) is 0.606. The number of ketones is 2. The lowest BCUT2D eigenvalue weighted by atomic mass is 9.44. The van der Waals surface area contributed by atoms with Crippen LogP contribution in [0.5, 0.6) is 0 Å². The van der Waals surface area contributed by atoms with Crippen molar-refractivity contribution in [3.8, 4) is 0 Å². The van der Waals surface area contributed by atoms with Crippen LogP contribution < -0.4 is 0 Å². The molecule has 4 fully saturated rings. The summed E-state index contributed by atoms with van der Waals surface area (Å²) in [5.74, 6) is -3.15. The molecular formula is C33H39FO7. The molecule has 8 atom stereocenters. The minimum Gasteiger partial charge on any atom is -0.457 e. The Morgan fingerprint density at radius 3 is 2.54 bits per heavy atom. The molecule has 1 aromatic rings.